The highest BCUT2D eigenvalue weighted by Crippen LogP contribution is 2.32. The van der Waals surface area contributed by atoms with E-state index in [1.54, 1.807) is 0 Å². The summed E-state index contributed by atoms with van der Waals surface area (Å²) in [5.41, 5.74) is 0. The lowest BCUT2D eigenvalue weighted by Crippen LogP contribution is -2.68. The second-order valence-corrected chi connectivity index (χ2v) is 9.07. The highest BCUT2D eigenvalue weighted by molar-refractivity contribution is 5.73. The quantitative estimate of drug-likeness (QED) is 0.135. The summed E-state index contributed by atoms with van der Waals surface area (Å²) < 4.78 is 26.9. The first-order chi connectivity index (χ1) is 17.4. The van der Waals surface area contributed by atoms with Gasteiger partial charge in [0.25, 0.3) is 0 Å². The molecule has 37 heavy (non-hydrogen) atoms. The molecule has 0 aromatic rings. The van der Waals surface area contributed by atoms with Gasteiger partial charge in [0.2, 0.25) is 5.91 Å². The average molecular weight is 545 g/mol. The van der Waals surface area contributed by atoms with Crippen molar-refractivity contribution in [1.29, 1.82) is 0 Å². The van der Waals surface area contributed by atoms with Crippen LogP contribution < -0.4 is 5.32 Å². The van der Waals surface area contributed by atoms with Crippen LogP contribution in [0.25, 0.3) is 0 Å². The van der Waals surface area contributed by atoms with Gasteiger partial charge in [-0.25, -0.2) is 0 Å². The van der Waals surface area contributed by atoms with Crippen molar-refractivity contribution in [2.45, 2.75) is 99.0 Å². The van der Waals surface area contributed by atoms with Crippen molar-refractivity contribution in [1.82, 2.24) is 5.32 Å². The molecular weight excluding hydrogens is 510 g/mol. The molecule has 11 N–H and O–H groups in total. The fourth-order valence-corrected chi connectivity index (χ4v) is 4.46. The zero-order valence-electron chi connectivity index (χ0n) is 19.7. The molecule has 0 bridgehead atoms. The van der Waals surface area contributed by atoms with E-state index in [1.165, 1.54) is 0 Å². The third kappa shape index (κ3) is 6.38. The average Bonchev–Trinajstić information content (AvgIpc) is 2.87. The van der Waals surface area contributed by atoms with Crippen LogP contribution in [0, 0.1) is 0 Å². The Bertz CT molecular complexity index is 743. The van der Waals surface area contributed by atoms with Gasteiger partial charge in [-0.15, -0.1) is 0 Å². The number of nitrogens with one attached hydrogen (secondary N) is 1. The molecule has 1 amide bonds. The third-order valence-electron chi connectivity index (χ3n) is 6.49. The van der Waals surface area contributed by atoms with E-state index in [0.29, 0.717) is 0 Å². The highest BCUT2D eigenvalue weighted by atomic mass is 16.7. The Morgan fingerprint density at radius 2 is 1.14 bits per heavy atom. The lowest BCUT2D eigenvalue weighted by Gasteiger charge is -2.48. The molecule has 3 aliphatic heterocycles. The summed E-state index contributed by atoms with van der Waals surface area (Å²) in [5.74, 6) is -0.637. The molecular formula is C20H35NO16. The van der Waals surface area contributed by atoms with E-state index in [0.717, 1.165) is 6.92 Å². The fourth-order valence-electron chi connectivity index (χ4n) is 4.46. The molecule has 0 spiro atoms. The first kappa shape index (κ1) is 30.4. The van der Waals surface area contributed by atoms with Gasteiger partial charge in [-0.05, 0) is 0 Å². The summed E-state index contributed by atoms with van der Waals surface area (Å²) in [6, 6.07) is -1.39. The van der Waals surface area contributed by atoms with E-state index in [-0.39, 0.29) is 0 Å². The van der Waals surface area contributed by atoms with Crippen LogP contribution in [0.5, 0.6) is 0 Å². The van der Waals surface area contributed by atoms with Crippen molar-refractivity contribution in [3.63, 3.8) is 0 Å². The van der Waals surface area contributed by atoms with Crippen molar-refractivity contribution >= 4 is 5.91 Å². The molecule has 3 saturated heterocycles. The lowest BCUT2D eigenvalue weighted by molar-refractivity contribution is -0.372. The van der Waals surface area contributed by atoms with E-state index >= 15 is 0 Å². The zero-order chi connectivity index (χ0) is 27.6. The van der Waals surface area contributed by atoms with Crippen molar-refractivity contribution in [3.05, 3.63) is 0 Å². The van der Waals surface area contributed by atoms with Crippen LogP contribution in [0.2, 0.25) is 0 Å². The van der Waals surface area contributed by atoms with Gasteiger partial charge in [-0.1, -0.05) is 0 Å². The fraction of sp³-hybridized carbons (Fsp3) is 0.950. The number of ether oxygens (including phenoxy) is 5. The number of carbonyl (C=O) groups is 1. The van der Waals surface area contributed by atoms with E-state index < -0.39 is 118 Å². The Morgan fingerprint density at radius 1 is 0.649 bits per heavy atom. The summed E-state index contributed by atoms with van der Waals surface area (Å²) in [4.78, 5) is 11.6. The predicted molar refractivity (Wildman–Crippen MR) is 113 cm³/mol. The maximum atomic E-state index is 11.6. The largest absolute Gasteiger partial charge is 0.394 e. The minimum atomic E-state index is -1.93. The predicted octanol–water partition coefficient (Wildman–Crippen LogP) is -7.43. The molecule has 3 rings (SSSR count). The monoisotopic (exact) mass is 545 g/mol. The number of aliphatic hydroxyl groups excluding tert-OH is 10. The summed E-state index contributed by atoms with van der Waals surface area (Å²) in [6.07, 6.45) is -23.3. The van der Waals surface area contributed by atoms with Crippen molar-refractivity contribution in [3.8, 4) is 0 Å². The number of aliphatic hydroxyl groups is 10. The molecule has 3 heterocycles. The summed E-state index contributed by atoms with van der Waals surface area (Å²) in [6.45, 7) is -1.21. The Hall–Kier alpha value is -1.13. The van der Waals surface area contributed by atoms with Gasteiger partial charge < -0.3 is 80.1 Å². The Balaban J connectivity index is 1.76. The van der Waals surface area contributed by atoms with Crippen LogP contribution in [0.3, 0.4) is 0 Å². The van der Waals surface area contributed by atoms with Gasteiger partial charge in [0.05, 0.1) is 19.8 Å². The van der Waals surface area contributed by atoms with Crippen molar-refractivity contribution in [2.75, 3.05) is 19.8 Å². The normalized spacial score (nSPS) is 49.0. The number of hydrogen-bond donors (Lipinski definition) is 11. The third-order valence-corrected chi connectivity index (χ3v) is 6.49. The number of hydrogen-bond acceptors (Lipinski definition) is 16. The van der Waals surface area contributed by atoms with Gasteiger partial charge in [-0.2, -0.15) is 0 Å². The van der Waals surface area contributed by atoms with Crippen molar-refractivity contribution in [2.24, 2.45) is 0 Å². The van der Waals surface area contributed by atoms with Gasteiger partial charge in [-0.3, -0.25) is 4.79 Å². The van der Waals surface area contributed by atoms with Gasteiger partial charge in [0.1, 0.15) is 73.2 Å². The maximum Gasteiger partial charge on any atom is 0.217 e. The van der Waals surface area contributed by atoms with Crippen LogP contribution in [-0.4, -0.2) is 169 Å². The molecule has 0 saturated carbocycles. The smallest absolute Gasteiger partial charge is 0.217 e. The van der Waals surface area contributed by atoms with Gasteiger partial charge in [0.15, 0.2) is 18.9 Å². The van der Waals surface area contributed by atoms with Crippen LogP contribution in [0.4, 0.5) is 0 Å². The maximum absolute atomic E-state index is 11.6. The van der Waals surface area contributed by atoms with Gasteiger partial charge >= 0.3 is 0 Å². The number of amides is 1. The minimum Gasteiger partial charge on any atom is -0.394 e. The molecule has 17 nitrogen and oxygen atoms in total. The molecule has 17 heteroatoms. The van der Waals surface area contributed by atoms with E-state index in [2.05, 4.69) is 5.32 Å². The molecule has 1 unspecified atom stereocenters. The van der Waals surface area contributed by atoms with E-state index in [9.17, 15) is 55.9 Å². The summed E-state index contributed by atoms with van der Waals surface area (Å²) in [7, 11) is 0. The van der Waals surface area contributed by atoms with Crippen LogP contribution in [0.15, 0.2) is 0 Å². The second kappa shape index (κ2) is 12.8. The molecule has 0 aromatic carbocycles. The van der Waals surface area contributed by atoms with Crippen molar-refractivity contribution < 1.29 is 79.5 Å². The molecule has 3 aliphatic rings. The summed E-state index contributed by atoms with van der Waals surface area (Å²) >= 11 is 0. The topological polar surface area (TPSA) is 278 Å². The SMILES string of the molecule is CC(=O)N[C@H]1C(O)O[C@H](CO)[C@H](O)[C@@H]1O[C@@H]1O[C@H](CO)[C@@H](O[C@@H]2O[C@H](CO)[C@H](O)[C@H](O)[C@H]2O)[C@H](O)[C@H]1O. The van der Waals surface area contributed by atoms with Crippen LogP contribution in [-0.2, 0) is 28.5 Å². The molecule has 0 aliphatic carbocycles. The lowest BCUT2D eigenvalue weighted by atomic mass is 9.95. The Kier molecular flexibility index (Phi) is 10.5. The van der Waals surface area contributed by atoms with E-state index in [4.69, 9.17) is 23.7 Å². The number of rotatable bonds is 8. The highest BCUT2D eigenvalue weighted by Gasteiger charge is 2.53. The minimum absolute atomic E-state index is 0.637. The molecule has 0 radical (unpaired) electrons. The molecule has 3 fully saturated rings. The first-order valence-corrected chi connectivity index (χ1v) is 11.6. The van der Waals surface area contributed by atoms with Crippen LogP contribution >= 0.6 is 0 Å². The zero-order valence-corrected chi connectivity index (χ0v) is 19.7. The second-order valence-electron chi connectivity index (χ2n) is 9.07. The standard InChI is InChI=1S/C20H35NO16/c1-5(25)21-9-17(11(27)7(3-23)33-18(9)32)37-20-15(31)13(29)16(8(4-24)35-20)36-19-14(30)12(28)10(26)6(2-22)34-19/h6-20,22-24,26-32H,2-4H2,1H3,(H,21,25)/t6-,7-,8-,9-,10+,11+,12+,13-,14-,15-,16-,17-,18?,19+,20+/m1/s1. The van der Waals surface area contributed by atoms with Crippen LogP contribution in [0.1, 0.15) is 6.92 Å². The Morgan fingerprint density at radius 3 is 1.68 bits per heavy atom. The number of carbonyl (C=O) groups excluding carboxylic acids is 1. The molecule has 15 atom stereocenters. The van der Waals surface area contributed by atoms with E-state index in [1.807, 2.05) is 0 Å². The first-order valence-electron chi connectivity index (χ1n) is 11.6. The van der Waals surface area contributed by atoms with Gasteiger partial charge in [0, 0.05) is 6.92 Å². The summed E-state index contributed by atoms with van der Waals surface area (Å²) in [5, 5.41) is 103. The molecule has 0 aromatic heterocycles. The Labute approximate surface area is 210 Å². The molecule has 216 valence electrons.